The van der Waals surface area contributed by atoms with Crippen LogP contribution in [0.2, 0.25) is 0 Å². The van der Waals surface area contributed by atoms with Crippen LogP contribution in [0, 0.1) is 0 Å². The maximum atomic E-state index is 11.3. The first-order valence-electron chi connectivity index (χ1n) is 3.54. The fourth-order valence-electron chi connectivity index (χ4n) is 1.15. The fourth-order valence-corrected chi connectivity index (χ4v) is 1.15. The van der Waals surface area contributed by atoms with Gasteiger partial charge in [-0.05, 0) is 18.2 Å². The lowest BCUT2D eigenvalue weighted by Crippen LogP contribution is -2.08. The summed E-state index contributed by atoms with van der Waals surface area (Å²) >= 11 is 0. The molecule has 4 heteroatoms. The summed E-state index contributed by atoms with van der Waals surface area (Å²) in [6.45, 7) is 0. The Labute approximate surface area is 68.2 Å². The van der Waals surface area contributed by atoms with Crippen molar-refractivity contribution in [3.8, 4) is 0 Å². The lowest BCUT2D eigenvalue weighted by atomic mass is 10.2. The van der Waals surface area contributed by atoms with E-state index in [1.807, 2.05) is 0 Å². The first kappa shape index (κ1) is 6.97. The molecule has 0 saturated carbocycles. The molecule has 0 amide bonds. The number of anilines is 1. The maximum absolute atomic E-state index is 11.3. The number of hydrogen-bond donors (Lipinski definition) is 1. The van der Waals surface area contributed by atoms with E-state index in [4.69, 9.17) is 10.3 Å². The van der Waals surface area contributed by atoms with Gasteiger partial charge in [-0.25, -0.2) is 0 Å². The van der Waals surface area contributed by atoms with E-state index >= 15 is 0 Å². The minimum absolute atomic E-state index is 0.155. The summed E-state index contributed by atoms with van der Waals surface area (Å²) in [5.41, 5.74) is 6.49. The third-order valence-corrected chi connectivity index (χ3v) is 1.76. The van der Waals surface area contributed by atoms with E-state index in [9.17, 15) is 4.79 Å². The normalized spacial score (nSPS) is 10.8. The van der Waals surface area contributed by atoms with Crippen molar-refractivity contribution >= 4 is 16.7 Å². The molecule has 0 aliphatic rings. The highest BCUT2D eigenvalue weighted by Crippen LogP contribution is 2.13. The topological polar surface area (TPSA) is 61.2 Å². The van der Waals surface area contributed by atoms with Crippen LogP contribution in [0.4, 0.5) is 5.69 Å². The van der Waals surface area contributed by atoms with Crippen LogP contribution in [0.25, 0.3) is 11.0 Å². The molecule has 0 radical (unpaired) electrons. The zero-order valence-electron chi connectivity index (χ0n) is 6.57. The highest BCUT2D eigenvalue weighted by atomic mass is 16.5. The highest BCUT2D eigenvalue weighted by molar-refractivity contribution is 5.79. The molecule has 0 unspecified atom stereocenters. The van der Waals surface area contributed by atoms with Crippen molar-refractivity contribution < 1.29 is 4.52 Å². The number of fused-ring (bicyclic) bond motifs is 1. The summed E-state index contributed by atoms with van der Waals surface area (Å²) in [7, 11) is 1.57. The summed E-state index contributed by atoms with van der Waals surface area (Å²) in [6, 6.07) is 5.00. The number of benzene rings is 1. The second-order valence-corrected chi connectivity index (χ2v) is 2.65. The summed E-state index contributed by atoms with van der Waals surface area (Å²) in [4.78, 5) is 11.3. The SMILES string of the molecule is Cn1oc2ccc(N)cc2c1=O. The predicted molar refractivity (Wildman–Crippen MR) is 45.9 cm³/mol. The molecule has 12 heavy (non-hydrogen) atoms. The number of aromatic nitrogens is 1. The van der Waals surface area contributed by atoms with Crippen molar-refractivity contribution in [2.75, 3.05) is 5.73 Å². The van der Waals surface area contributed by atoms with Gasteiger partial charge in [0, 0.05) is 12.7 Å². The summed E-state index contributed by atoms with van der Waals surface area (Å²) < 4.78 is 6.29. The molecule has 1 aromatic carbocycles. The van der Waals surface area contributed by atoms with Crippen LogP contribution in [-0.2, 0) is 7.05 Å². The summed E-state index contributed by atoms with van der Waals surface area (Å²) in [5, 5.41) is 0.525. The Morgan fingerprint density at radius 2 is 2.25 bits per heavy atom. The van der Waals surface area contributed by atoms with Crippen LogP contribution in [-0.4, -0.2) is 4.74 Å². The lowest BCUT2D eigenvalue weighted by Gasteiger charge is -1.87. The minimum atomic E-state index is -0.155. The van der Waals surface area contributed by atoms with Crippen LogP contribution < -0.4 is 11.3 Å². The second-order valence-electron chi connectivity index (χ2n) is 2.65. The van der Waals surface area contributed by atoms with E-state index in [0.717, 1.165) is 0 Å². The van der Waals surface area contributed by atoms with Crippen molar-refractivity contribution in [3.05, 3.63) is 28.6 Å². The molecule has 0 atom stereocenters. The van der Waals surface area contributed by atoms with Crippen LogP contribution in [0.15, 0.2) is 27.5 Å². The Balaban J connectivity index is 2.98. The van der Waals surface area contributed by atoms with Crippen molar-refractivity contribution in [1.82, 2.24) is 4.74 Å². The van der Waals surface area contributed by atoms with Gasteiger partial charge < -0.3 is 10.3 Å². The van der Waals surface area contributed by atoms with Crippen LogP contribution in [0.5, 0.6) is 0 Å². The van der Waals surface area contributed by atoms with Gasteiger partial charge in [-0.2, -0.15) is 4.74 Å². The molecule has 2 rings (SSSR count). The van der Waals surface area contributed by atoms with E-state index < -0.39 is 0 Å². The van der Waals surface area contributed by atoms with Gasteiger partial charge in [0.1, 0.15) is 0 Å². The third-order valence-electron chi connectivity index (χ3n) is 1.76. The monoisotopic (exact) mass is 164 g/mol. The molecule has 2 aromatic rings. The van der Waals surface area contributed by atoms with Gasteiger partial charge in [-0.1, -0.05) is 0 Å². The second kappa shape index (κ2) is 2.14. The fraction of sp³-hybridized carbons (Fsp3) is 0.125. The first-order valence-corrected chi connectivity index (χ1v) is 3.54. The van der Waals surface area contributed by atoms with Gasteiger partial charge in [0.05, 0.1) is 5.39 Å². The molecule has 2 N–H and O–H groups in total. The molecule has 0 aliphatic carbocycles. The Bertz CT molecular complexity index is 481. The lowest BCUT2D eigenvalue weighted by molar-refractivity contribution is 0.324. The van der Waals surface area contributed by atoms with Crippen molar-refractivity contribution in [1.29, 1.82) is 0 Å². The molecule has 0 saturated heterocycles. The maximum Gasteiger partial charge on any atom is 0.290 e. The molecule has 0 fully saturated rings. The number of aryl methyl sites for hydroxylation is 1. The molecule has 4 nitrogen and oxygen atoms in total. The van der Waals surface area contributed by atoms with Crippen molar-refractivity contribution in [2.45, 2.75) is 0 Å². The molecule has 62 valence electrons. The zero-order valence-corrected chi connectivity index (χ0v) is 6.57. The summed E-state index contributed by atoms with van der Waals surface area (Å²) in [5.74, 6) is 0. The van der Waals surface area contributed by atoms with Gasteiger partial charge in [-0.15, -0.1) is 0 Å². The Morgan fingerprint density at radius 1 is 1.50 bits per heavy atom. The van der Waals surface area contributed by atoms with Gasteiger partial charge in [0.15, 0.2) is 5.58 Å². The molecular weight excluding hydrogens is 156 g/mol. The Hall–Kier alpha value is -1.71. The number of nitrogen functional groups attached to an aromatic ring is 1. The molecule has 0 aliphatic heterocycles. The Morgan fingerprint density at radius 3 is 3.00 bits per heavy atom. The van der Waals surface area contributed by atoms with Crippen molar-refractivity contribution in [2.24, 2.45) is 7.05 Å². The van der Waals surface area contributed by atoms with Gasteiger partial charge >= 0.3 is 0 Å². The van der Waals surface area contributed by atoms with Gasteiger partial charge in [0.2, 0.25) is 0 Å². The van der Waals surface area contributed by atoms with Crippen molar-refractivity contribution in [3.63, 3.8) is 0 Å². The highest BCUT2D eigenvalue weighted by Gasteiger charge is 2.05. The predicted octanol–water partition coefficient (Wildman–Crippen LogP) is 0.714. The number of hydrogen-bond acceptors (Lipinski definition) is 3. The number of rotatable bonds is 0. The quantitative estimate of drug-likeness (QED) is 0.583. The standard InChI is InChI=1S/C8H8N2O2/c1-10-8(11)6-4-5(9)2-3-7(6)12-10/h2-4H,9H2,1H3. The average Bonchev–Trinajstić information content (AvgIpc) is 2.31. The van der Waals surface area contributed by atoms with Crippen LogP contribution >= 0.6 is 0 Å². The molecular formula is C8H8N2O2. The van der Waals surface area contributed by atoms with E-state index in [2.05, 4.69) is 0 Å². The van der Waals surface area contributed by atoms with Gasteiger partial charge in [-0.3, -0.25) is 4.79 Å². The average molecular weight is 164 g/mol. The largest absolute Gasteiger partial charge is 0.399 e. The van der Waals surface area contributed by atoms with Crippen LogP contribution in [0.1, 0.15) is 0 Å². The molecule has 0 spiro atoms. The molecule has 0 bridgehead atoms. The number of nitrogens with two attached hydrogens (primary N) is 1. The zero-order chi connectivity index (χ0) is 8.72. The van der Waals surface area contributed by atoms with Gasteiger partial charge in [0.25, 0.3) is 5.56 Å². The Kier molecular flexibility index (Phi) is 1.24. The third kappa shape index (κ3) is 0.812. The summed E-state index contributed by atoms with van der Waals surface area (Å²) in [6.07, 6.45) is 0. The molecule has 1 aromatic heterocycles. The van der Waals surface area contributed by atoms with E-state index in [1.165, 1.54) is 4.74 Å². The first-order chi connectivity index (χ1) is 5.68. The number of nitrogens with zero attached hydrogens (tertiary/aromatic N) is 1. The smallest absolute Gasteiger partial charge is 0.290 e. The van der Waals surface area contributed by atoms with E-state index in [1.54, 1.807) is 25.2 Å². The van der Waals surface area contributed by atoms with E-state index in [0.29, 0.717) is 16.7 Å². The molecule has 1 heterocycles. The minimum Gasteiger partial charge on any atom is -0.399 e. The van der Waals surface area contributed by atoms with Crippen LogP contribution in [0.3, 0.4) is 0 Å². The van der Waals surface area contributed by atoms with E-state index in [-0.39, 0.29) is 5.56 Å².